The largest absolute Gasteiger partial charge is 0.504 e. The molecule has 15 heavy (non-hydrogen) atoms. The third-order valence-corrected chi connectivity index (χ3v) is 2.52. The monoisotopic (exact) mass is 211 g/mol. The summed E-state index contributed by atoms with van der Waals surface area (Å²) in [5.41, 5.74) is 4.76. The van der Waals surface area contributed by atoms with Crippen molar-refractivity contribution in [2.24, 2.45) is 11.7 Å². The molecular formula is C11H17NO3. The molecule has 0 bridgehead atoms. The standard InChI is InChI=1S/C11H17NO3/c1-6(2)5-7(12)3-4-8-9(13)11(15)10(8)14/h6-7,13H,3-5,12H2,1-2H3/t7-/m0/s1. The molecule has 0 aliphatic rings. The molecule has 84 valence electrons. The van der Waals surface area contributed by atoms with E-state index < -0.39 is 10.9 Å². The van der Waals surface area contributed by atoms with Crippen molar-refractivity contribution in [3.8, 4) is 5.75 Å². The van der Waals surface area contributed by atoms with E-state index in [1.165, 1.54) is 0 Å². The molecule has 0 saturated carbocycles. The maximum absolute atomic E-state index is 11.0. The molecule has 0 aliphatic carbocycles. The molecule has 1 aromatic carbocycles. The van der Waals surface area contributed by atoms with Gasteiger partial charge in [0.15, 0.2) is 5.75 Å². The van der Waals surface area contributed by atoms with Crippen molar-refractivity contribution in [1.82, 2.24) is 0 Å². The van der Waals surface area contributed by atoms with Gasteiger partial charge in [0.2, 0.25) is 5.43 Å². The summed E-state index contributed by atoms with van der Waals surface area (Å²) < 4.78 is 0. The van der Waals surface area contributed by atoms with Gasteiger partial charge in [0, 0.05) is 11.6 Å². The van der Waals surface area contributed by atoms with Crippen LogP contribution < -0.4 is 16.6 Å². The van der Waals surface area contributed by atoms with Gasteiger partial charge < -0.3 is 10.8 Å². The van der Waals surface area contributed by atoms with Gasteiger partial charge in [-0.1, -0.05) is 13.8 Å². The Kier molecular flexibility index (Phi) is 3.63. The second-order valence-corrected chi connectivity index (χ2v) is 4.41. The minimum absolute atomic E-state index is 0.0220. The number of hydrogen-bond donors (Lipinski definition) is 2. The van der Waals surface area contributed by atoms with Gasteiger partial charge in [-0.05, 0) is 25.2 Å². The Morgan fingerprint density at radius 3 is 2.33 bits per heavy atom. The summed E-state index contributed by atoms with van der Waals surface area (Å²) in [6.07, 6.45) is 1.93. The highest BCUT2D eigenvalue weighted by atomic mass is 16.3. The quantitative estimate of drug-likeness (QED) is 0.686. The van der Waals surface area contributed by atoms with Gasteiger partial charge in [-0.3, -0.25) is 9.59 Å². The second-order valence-electron chi connectivity index (χ2n) is 4.41. The maximum atomic E-state index is 11.0. The molecule has 1 atom stereocenters. The van der Waals surface area contributed by atoms with Crippen molar-refractivity contribution >= 4 is 0 Å². The smallest absolute Gasteiger partial charge is 0.267 e. The second kappa shape index (κ2) is 4.57. The zero-order valence-corrected chi connectivity index (χ0v) is 9.12. The Bertz CT molecular complexity index is 402. The fourth-order valence-electron chi connectivity index (χ4n) is 1.71. The van der Waals surface area contributed by atoms with Crippen molar-refractivity contribution < 1.29 is 5.11 Å². The van der Waals surface area contributed by atoms with Crippen LogP contribution in [0.5, 0.6) is 5.75 Å². The molecule has 0 aromatic heterocycles. The molecule has 3 N–H and O–H groups in total. The predicted molar refractivity (Wildman–Crippen MR) is 58.8 cm³/mol. The number of hydrogen-bond acceptors (Lipinski definition) is 4. The van der Waals surface area contributed by atoms with Crippen LogP contribution in [0.3, 0.4) is 0 Å². The van der Waals surface area contributed by atoms with Gasteiger partial charge in [0.25, 0.3) is 5.43 Å². The Morgan fingerprint density at radius 1 is 1.27 bits per heavy atom. The number of nitrogens with two attached hydrogens (primary N) is 1. The molecule has 4 heteroatoms. The van der Waals surface area contributed by atoms with Crippen molar-refractivity contribution in [3.63, 3.8) is 0 Å². The molecule has 0 unspecified atom stereocenters. The van der Waals surface area contributed by atoms with Crippen molar-refractivity contribution in [2.45, 2.75) is 39.2 Å². The summed E-state index contributed by atoms with van der Waals surface area (Å²) >= 11 is 0. The van der Waals surface area contributed by atoms with Gasteiger partial charge >= 0.3 is 0 Å². The fraction of sp³-hybridized carbons (Fsp3) is 0.636. The highest BCUT2D eigenvalue weighted by Gasteiger charge is 2.20. The summed E-state index contributed by atoms with van der Waals surface area (Å²) in [7, 11) is 0. The van der Waals surface area contributed by atoms with Crippen LogP contribution in [0.2, 0.25) is 0 Å². The Labute approximate surface area is 88.4 Å². The van der Waals surface area contributed by atoms with Crippen LogP contribution in [-0.4, -0.2) is 11.1 Å². The van der Waals surface area contributed by atoms with E-state index in [1.54, 1.807) is 0 Å². The van der Waals surface area contributed by atoms with E-state index >= 15 is 0 Å². The first-order valence-electron chi connectivity index (χ1n) is 5.20. The molecular weight excluding hydrogens is 194 g/mol. The Balaban J connectivity index is 2.45. The summed E-state index contributed by atoms with van der Waals surface area (Å²) in [5.74, 6) is 0.151. The zero-order chi connectivity index (χ0) is 11.6. The van der Waals surface area contributed by atoms with Crippen molar-refractivity contribution in [1.29, 1.82) is 0 Å². The Hall–Kier alpha value is -1.16. The molecule has 0 aliphatic heterocycles. The average Bonchev–Trinajstić information content (AvgIpc) is 2.16. The van der Waals surface area contributed by atoms with Crippen LogP contribution in [0, 0.1) is 5.92 Å². The normalized spacial score (nSPS) is 13.6. The third-order valence-electron chi connectivity index (χ3n) is 2.52. The predicted octanol–water partition coefficient (Wildman–Crippen LogP) is 0.294. The lowest BCUT2D eigenvalue weighted by molar-refractivity contribution is 0.440. The minimum Gasteiger partial charge on any atom is -0.504 e. The molecule has 0 saturated heterocycles. The van der Waals surface area contributed by atoms with Crippen LogP contribution in [0.1, 0.15) is 32.3 Å². The summed E-state index contributed by atoms with van der Waals surface area (Å²) in [5, 5.41) is 9.11. The van der Waals surface area contributed by atoms with Gasteiger partial charge in [0.1, 0.15) is 0 Å². The lowest BCUT2D eigenvalue weighted by Crippen LogP contribution is -2.35. The molecule has 0 spiro atoms. The fourth-order valence-corrected chi connectivity index (χ4v) is 1.71. The first-order chi connectivity index (χ1) is 6.93. The Morgan fingerprint density at radius 2 is 1.87 bits per heavy atom. The zero-order valence-electron chi connectivity index (χ0n) is 9.12. The molecule has 0 heterocycles. The molecule has 0 fully saturated rings. The highest BCUT2D eigenvalue weighted by Crippen LogP contribution is 2.13. The van der Waals surface area contributed by atoms with Gasteiger partial charge in [-0.2, -0.15) is 0 Å². The average molecular weight is 211 g/mol. The first kappa shape index (κ1) is 11.9. The molecule has 0 radical (unpaired) electrons. The topological polar surface area (TPSA) is 80.4 Å². The van der Waals surface area contributed by atoms with Gasteiger partial charge in [0.05, 0.1) is 0 Å². The van der Waals surface area contributed by atoms with E-state index in [0.29, 0.717) is 18.8 Å². The van der Waals surface area contributed by atoms with Crippen LogP contribution in [-0.2, 0) is 6.42 Å². The van der Waals surface area contributed by atoms with Crippen LogP contribution in [0.15, 0.2) is 9.59 Å². The van der Waals surface area contributed by atoms with Crippen LogP contribution in [0.4, 0.5) is 0 Å². The van der Waals surface area contributed by atoms with E-state index in [0.717, 1.165) is 6.42 Å². The van der Waals surface area contributed by atoms with E-state index in [2.05, 4.69) is 13.8 Å². The van der Waals surface area contributed by atoms with Gasteiger partial charge in [-0.15, -0.1) is 0 Å². The lowest BCUT2D eigenvalue weighted by Gasteiger charge is -2.14. The lowest BCUT2D eigenvalue weighted by atomic mass is 9.96. The third kappa shape index (κ3) is 2.65. The molecule has 1 aromatic rings. The first-order valence-corrected chi connectivity index (χ1v) is 5.20. The van der Waals surface area contributed by atoms with Crippen LogP contribution in [0.25, 0.3) is 0 Å². The summed E-state index contributed by atoms with van der Waals surface area (Å²) in [4.78, 5) is 21.7. The van der Waals surface area contributed by atoms with Crippen molar-refractivity contribution in [2.75, 3.05) is 0 Å². The SMILES string of the molecule is CC(C)C[C@@H](N)CCc1c(O)c(=O)c1=O. The van der Waals surface area contributed by atoms with E-state index in [-0.39, 0.29) is 17.4 Å². The minimum atomic E-state index is -0.762. The molecule has 1 rings (SSSR count). The van der Waals surface area contributed by atoms with E-state index in [4.69, 9.17) is 10.8 Å². The van der Waals surface area contributed by atoms with Crippen molar-refractivity contribution in [3.05, 3.63) is 26.0 Å². The van der Waals surface area contributed by atoms with E-state index in [9.17, 15) is 9.59 Å². The van der Waals surface area contributed by atoms with Gasteiger partial charge in [-0.25, -0.2) is 0 Å². The molecule has 4 nitrogen and oxygen atoms in total. The number of aromatic hydroxyl groups is 1. The summed E-state index contributed by atoms with van der Waals surface area (Å²) in [6.45, 7) is 4.16. The summed E-state index contributed by atoms with van der Waals surface area (Å²) in [6, 6.07) is 0.0220. The van der Waals surface area contributed by atoms with Crippen LogP contribution >= 0.6 is 0 Å². The van der Waals surface area contributed by atoms with E-state index in [1.807, 2.05) is 0 Å². The molecule has 0 amide bonds. The highest BCUT2D eigenvalue weighted by molar-refractivity contribution is 5.38. The maximum Gasteiger partial charge on any atom is 0.267 e. The number of rotatable bonds is 5.